The Kier molecular flexibility index (Phi) is 6.61. The standard InChI is InChI=1S/C22H19FN2O3S/c1-15-2-4-17(5-3-15)14-19-21(27)25(22(28)29-19)13-12-24-20(26)11-8-16-6-9-18(23)10-7-16/h2-11,14H,12-13H2,1H3,(H,24,26)/b11-8+,19-14-. The zero-order chi connectivity index (χ0) is 20.8. The van der Waals surface area contributed by atoms with Crippen LogP contribution in [0.3, 0.4) is 0 Å². The summed E-state index contributed by atoms with van der Waals surface area (Å²) >= 11 is 0.890. The summed E-state index contributed by atoms with van der Waals surface area (Å²) in [5.41, 5.74) is 2.65. The summed E-state index contributed by atoms with van der Waals surface area (Å²) in [4.78, 5) is 37.9. The van der Waals surface area contributed by atoms with E-state index in [9.17, 15) is 18.8 Å². The van der Waals surface area contributed by atoms with Gasteiger partial charge in [0.2, 0.25) is 5.91 Å². The highest BCUT2D eigenvalue weighted by Gasteiger charge is 2.34. The van der Waals surface area contributed by atoms with Gasteiger partial charge in [0.1, 0.15) is 5.82 Å². The number of nitrogens with one attached hydrogen (secondary N) is 1. The molecule has 0 radical (unpaired) electrons. The predicted molar refractivity (Wildman–Crippen MR) is 112 cm³/mol. The van der Waals surface area contributed by atoms with E-state index in [1.165, 1.54) is 18.2 Å². The molecule has 0 spiro atoms. The van der Waals surface area contributed by atoms with E-state index in [-0.39, 0.29) is 36.0 Å². The van der Waals surface area contributed by atoms with Crippen LogP contribution in [0.2, 0.25) is 0 Å². The molecule has 2 aromatic rings. The minimum atomic E-state index is -0.364. The highest BCUT2D eigenvalue weighted by Crippen LogP contribution is 2.31. The zero-order valence-corrected chi connectivity index (χ0v) is 16.5. The zero-order valence-electron chi connectivity index (χ0n) is 15.7. The maximum atomic E-state index is 12.9. The van der Waals surface area contributed by atoms with Crippen LogP contribution in [0, 0.1) is 12.7 Å². The lowest BCUT2D eigenvalue weighted by Gasteiger charge is -2.12. The minimum absolute atomic E-state index is 0.0893. The van der Waals surface area contributed by atoms with E-state index in [0.717, 1.165) is 27.8 Å². The molecular weight excluding hydrogens is 391 g/mol. The highest BCUT2D eigenvalue weighted by atomic mass is 32.2. The van der Waals surface area contributed by atoms with Gasteiger partial charge in [-0.15, -0.1) is 0 Å². The molecule has 1 heterocycles. The monoisotopic (exact) mass is 410 g/mol. The van der Waals surface area contributed by atoms with E-state index in [1.54, 1.807) is 24.3 Å². The Bertz CT molecular complexity index is 982. The van der Waals surface area contributed by atoms with Gasteiger partial charge in [-0.3, -0.25) is 19.3 Å². The molecule has 0 bridgehead atoms. The summed E-state index contributed by atoms with van der Waals surface area (Å²) < 4.78 is 12.9. The van der Waals surface area contributed by atoms with E-state index < -0.39 is 0 Å². The predicted octanol–water partition coefficient (Wildman–Crippen LogP) is 4.00. The van der Waals surface area contributed by atoms with Crippen LogP contribution in [-0.4, -0.2) is 35.0 Å². The summed E-state index contributed by atoms with van der Waals surface area (Å²) in [5.74, 6) is -1.08. The molecule has 1 saturated heterocycles. The molecule has 3 amide bonds. The van der Waals surface area contributed by atoms with Crippen LogP contribution in [-0.2, 0) is 9.59 Å². The quantitative estimate of drug-likeness (QED) is 0.731. The summed E-state index contributed by atoms with van der Waals surface area (Å²) in [7, 11) is 0. The molecule has 1 fully saturated rings. The topological polar surface area (TPSA) is 66.5 Å². The van der Waals surface area contributed by atoms with Gasteiger partial charge in [0.25, 0.3) is 11.1 Å². The fraction of sp³-hybridized carbons (Fsp3) is 0.136. The maximum absolute atomic E-state index is 12.9. The Labute approximate surface area is 172 Å². The summed E-state index contributed by atoms with van der Waals surface area (Å²) in [6, 6.07) is 13.4. The molecule has 29 heavy (non-hydrogen) atoms. The summed E-state index contributed by atoms with van der Waals surface area (Å²) in [6.07, 6.45) is 4.56. The van der Waals surface area contributed by atoms with Crippen LogP contribution >= 0.6 is 11.8 Å². The number of thioether (sulfide) groups is 1. The number of hydrogen-bond donors (Lipinski definition) is 1. The molecule has 0 aliphatic carbocycles. The number of hydrogen-bond acceptors (Lipinski definition) is 4. The Hall–Kier alpha value is -3.19. The van der Waals surface area contributed by atoms with Gasteiger partial charge in [-0.1, -0.05) is 42.0 Å². The summed E-state index contributed by atoms with van der Waals surface area (Å²) in [6.45, 7) is 2.20. The first kappa shape index (κ1) is 20.5. The molecule has 148 valence electrons. The van der Waals surface area contributed by atoms with Gasteiger partial charge in [-0.05, 0) is 54.1 Å². The third-order valence-electron chi connectivity index (χ3n) is 4.18. The van der Waals surface area contributed by atoms with Crippen LogP contribution in [0.1, 0.15) is 16.7 Å². The third kappa shape index (κ3) is 5.65. The first-order valence-corrected chi connectivity index (χ1v) is 9.77. The molecule has 0 atom stereocenters. The first-order valence-electron chi connectivity index (χ1n) is 8.96. The van der Waals surface area contributed by atoms with Crippen LogP contribution in [0.5, 0.6) is 0 Å². The Morgan fingerprint density at radius 1 is 1.07 bits per heavy atom. The van der Waals surface area contributed by atoms with Gasteiger partial charge in [0.15, 0.2) is 0 Å². The lowest BCUT2D eigenvalue weighted by Crippen LogP contribution is -2.36. The molecule has 0 saturated carbocycles. The Morgan fingerprint density at radius 3 is 2.41 bits per heavy atom. The number of nitrogens with zero attached hydrogens (tertiary/aromatic N) is 1. The van der Waals surface area contributed by atoms with Crippen molar-refractivity contribution < 1.29 is 18.8 Å². The van der Waals surface area contributed by atoms with Crippen LogP contribution in [0.4, 0.5) is 9.18 Å². The second kappa shape index (κ2) is 9.34. The molecule has 1 aliphatic heterocycles. The van der Waals surface area contributed by atoms with Gasteiger partial charge in [-0.2, -0.15) is 0 Å². The number of aryl methyl sites for hydroxylation is 1. The molecule has 0 unspecified atom stereocenters. The molecule has 7 heteroatoms. The number of carbonyl (C=O) groups excluding carboxylic acids is 3. The van der Waals surface area contributed by atoms with E-state index in [4.69, 9.17) is 0 Å². The third-order valence-corrected chi connectivity index (χ3v) is 5.09. The number of rotatable bonds is 6. The Morgan fingerprint density at radius 2 is 1.72 bits per heavy atom. The molecule has 0 aromatic heterocycles. The summed E-state index contributed by atoms with van der Waals surface area (Å²) in [5, 5.41) is 2.27. The average Bonchev–Trinajstić information content (AvgIpc) is 2.96. The van der Waals surface area contributed by atoms with Gasteiger partial charge < -0.3 is 5.32 Å². The second-order valence-corrected chi connectivity index (χ2v) is 7.41. The van der Waals surface area contributed by atoms with Crippen LogP contribution < -0.4 is 5.32 Å². The van der Waals surface area contributed by atoms with E-state index >= 15 is 0 Å². The fourth-order valence-corrected chi connectivity index (χ4v) is 3.47. The van der Waals surface area contributed by atoms with Gasteiger partial charge in [-0.25, -0.2) is 4.39 Å². The Balaban J connectivity index is 1.52. The molecular formula is C22H19FN2O3S. The van der Waals surface area contributed by atoms with E-state index in [0.29, 0.717) is 10.5 Å². The van der Waals surface area contributed by atoms with E-state index in [2.05, 4.69) is 5.32 Å². The largest absolute Gasteiger partial charge is 0.351 e. The van der Waals surface area contributed by atoms with Gasteiger partial charge in [0, 0.05) is 19.2 Å². The van der Waals surface area contributed by atoms with Crippen molar-refractivity contribution in [2.45, 2.75) is 6.92 Å². The molecule has 1 aliphatic rings. The van der Waals surface area contributed by atoms with Crippen molar-refractivity contribution in [2.24, 2.45) is 0 Å². The van der Waals surface area contributed by atoms with Crippen LogP contribution in [0.15, 0.2) is 59.5 Å². The van der Waals surface area contributed by atoms with Crippen LogP contribution in [0.25, 0.3) is 12.2 Å². The number of benzene rings is 2. The van der Waals surface area contributed by atoms with Crippen molar-refractivity contribution in [3.63, 3.8) is 0 Å². The molecule has 2 aromatic carbocycles. The van der Waals surface area contributed by atoms with E-state index in [1.807, 2.05) is 31.2 Å². The van der Waals surface area contributed by atoms with Crippen molar-refractivity contribution in [3.05, 3.63) is 82.0 Å². The number of carbonyl (C=O) groups is 3. The first-order chi connectivity index (χ1) is 13.9. The van der Waals surface area contributed by atoms with Gasteiger partial charge in [0.05, 0.1) is 4.91 Å². The number of halogens is 1. The fourth-order valence-electron chi connectivity index (χ4n) is 2.60. The van der Waals surface area contributed by atoms with Crippen molar-refractivity contribution in [1.82, 2.24) is 10.2 Å². The molecule has 3 rings (SSSR count). The molecule has 1 N–H and O–H groups in total. The average molecular weight is 410 g/mol. The van der Waals surface area contributed by atoms with Crippen molar-refractivity contribution in [1.29, 1.82) is 0 Å². The number of amides is 3. The molecule has 5 nitrogen and oxygen atoms in total. The SMILES string of the molecule is Cc1ccc(/C=C2\SC(=O)N(CCNC(=O)/C=C/c3ccc(F)cc3)C2=O)cc1. The van der Waals surface area contributed by atoms with Crippen molar-refractivity contribution in [2.75, 3.05) is 13.1 Å². The number of imide groups is 1. The lowest BCUT2D eigenvalue weighted by molar-refractivity contribution is -0.123. The minimum Gasteiger partial charge on any atom is -0.351 e. The normalized spacial score (nSPS) is 15.5. The lowest BCUT2D eigenvalue weighted by atomic mass is 10.1. The van der Waals surface area contributed by atoms with Crippen molar-refractivity contribution >= 4 is 41.0 Å². The maximum Gasteiger partial charge on any atom is 0.293 e. The second-order valence-electron chi connectivity index (χ2n) is 6.42. The van der Waals surface area contributed by atoms with Gasteiger partial charge >= 0.3 is 0 Å². The smallest absolute Gasteiger partial charge is 0.293 e. The van der Waals surface area contributed by atoms with Crippen molar-refractivity contribution in [3.8, 4) is 0 Å². The highest BCUT2D eigenvalue weighted by molar-refractivity contribution is 8.18.